The van der Waals surface area contributed by atoms with Crippen molar-refractivity contribution in [2.24, 2.45) is 0 Å². The Balaban J connectivity index is 2.89. The lowest BCUT2D eigenvalue weighted by Gasteiger charge is -1.87. The van der Waals surface area contributed by atoms with E-state index in [2.05, 4.69) is 0 Å². The van der Waals surface area contributed by atoms with Crippen molar-refractivity contribution in [3.05, 3.63) is 21.9 Å². The van der Waals surface area contributed by atoms with Crippen LogP contribution in [0.1, 0.15) is 21.5 Å². The van der Waals surface area contributed by atoms with Gasteiger partial charge in [0.25, 0.3) is 5.78 Å². The molecular weight excluding hydrogens is 176 g/mol. The summed E-state index contributed by atoms with van der Waals surface area (Å²) in [5, 5.41) is 8.37. The number of carboxylic acid groups (broad SMARTS) is 1. The number of aliphatic carboxylic acids is 1. The topological polar surface area (TPSA) is 54.4 Å². The van der Waals surface area contributed by atoms with Crippen molar-refractivity contribution < 1.29 is 14.7 Å². The highest BCUT2D eigenvalue weighted by Gasteiger charge is 2.15. The van der Waals surface area contributed by atoms with Gasteiger partial charge in [0.05, 0.1) is 4.88 Å². The van der Waals surface area contributed by atoms with Crippen LogP contribution in [0.4, 0.5) is 0 Å². The number of Topliss-reactive ketones (excluding diaryl/α,β-unsaturated/α-hetero) is 1. The van der Waals surface area contributed by atoms with Crippen LogP contribution in [0.15, 0.2) is 12.1 Å². The van der Waals surface area contributed by atoms with Crippen LogP contribution in [0.5, 0.6) is 0 Å². The molecule has 0 saturated heterocycles. The minimum atomic E-state index is -1.39. The lowest BCUT2D eigenvalue weighted by Crippen LogP contribution is -2.10. The first-order chi connectivity index (χ1) is 5.65. The van der Waals surface area contributed by atoms with E-state index in [1.165, 1.54) is 11.3 Å². The van der Waals surface area contributed by atoms with Gasteiger partial charge < -0.3 is 5.11 Å². The van der Waals surface area contributed by atoms with Gasteiger partial charge in [-0.1, -0.05) is 6.92 Å². The van der Waals surface area contributed by atoms with Crippen LogP contribution in [0.3, 0.4) is 0 Å². The Kier molecular flexibility index (Phi) is 2.60. The Morgan fingerprint density at radius 1 is 1.50 bits per heavy atom. The van der Waals surface area contributed by atoms with E-state index < -0.39 is 11.8 Å². The second-order valence-corrected chi connectivity index (χ2v) is 3.42. The second-order valence-electron chi connectivity index (χ2n) is 2.25. The molecule has 0 aliphatic carbocycles. The minimum Gasteiger partial charge on any atom is -0.475 e. The molecule has 0 bridgehead atoms. The molecule has 0 unspecified atom stereocenters. The fourth-order valence-electron chi connectivity index (χ4n) is 0.795. The summed E-state index contributed by atoms with van der Waals surface area (Å²) in [5.41, 5.74) is 0. The van der Waals surface area contributed by atoms with E-state index in [-0.39, 0.29) is 0 Å². The average molecular weight is 184 g/mol. The molecule has 1 rings (SSSR count). The third kappa shape index (κ3) is 1.71. The SMILES string of the molecule is CCc1ccc(C(=O)C(=O)O)s1. The van der Waals surface area contributed by atoms with Crippen LogP contribution in [0.25, 0.3) is 0 Å². The van der Waals surface area contributed by atoms with Crippen LogP contribution in [0.2, 0.25) is 0 Å². The molecule has 1 aromatic rings. The van der Waals surface area contributed by atoms with E-state index in [1.54, 1.807) is 12.1 Å². The molecule has 0 radical (unpaired) electrons. The summed E-state index contributed by atoms with van der Waals surface area (Å²) in [6, 6.07) is 3.33. The van der Waals surface area contributed by atoms with Gasteiger partial charge in [-0.2, -0.15) is 0 Å². The number of carbonyl (C=O) groups is 2. The second kappa shape index (κ2) is 3.49. The molecule has 4 heteroatoms. The lowest BCUT2D eigenvalue weighted by molar-refractivity contribution is -0.131. The maximum Gasteiger partial charge on any atom is 0.378 e. The van der Waals surface area contributed by atoms with Gasteiger partial charge >= 0.3 is 5.97 Å². The predicted molar refractivity (Wildman–Crippen MR) is 45.7 cm³/mol. The molecule has 0 aliphatic heterocycles. The zero-order valence-corrected chi connectivity index (χ0v) is 7.35. The molecule has 0 atom stereocenters. The zero-order valence-electron chi connectivity index (χ0n) is 6.53. The van der Waals surface area contributed by atoms with E-state index in [0.717, 1.165) is 11.3 Å². The molecule has 0 amide bonds. The first kappa shape index (κ1) is 8.93. The van der Waals surface area contributed by atoms with Crippen molar-refractivity contribution in [2.75, 3.05) is 0 Å². The van der Waals surface area contributed by atoms with Crippen LogP contribution in [-0.2, 0) is 11.2 Å². The molecule has 0 aliphatic rings. The Morgan fingerprint density at radius 2 is 2.17 bits per heavy atom. The molecule has 0 aromatic carbocycles. The minimum absolute atomic E-state index is 0.305. The third-order valence-corrected chi connectivity index (χ3v) is 2.66. The number of rotatable bonds is 3. The summed E-state index contributed by atoms with van der Waals surface area (Å²) in [6.07, 6.45) is 0.831. The molecule has 3 nitrogen and oxygen atoms in total. The van der Waals surface area contributed by atoms with Crippen molar-refractivity contribution in [3.8, 4) is 0 Å². The lowest BCUT2D eigenvalue weighted by atomic mass is 10.3. The van der Waals surface area contributed by atoms with Gasteiger partial charge in [0, 0.05) is 4.88 Å². The Labute approximate surface area is 73.6 Å². The molecular formula is C8H8O3S. The summed E-state index contributed by atoms with van der Waals surface area (Å²) in [5.74, 6) is -2.21. The van der Waals surface area contributed by atoms with E-state index in [9.17, 15) is 9.59 Å². The third-order valence-electron chi connectivity index (χ3n) is 1.43. The van der Waals surface area contributed by atoms with Gasteiger partial charge in [-0.05, 0) is 18.6 Å². The van der Waals surface area contributed by atoms with Crippen LogP contribution >= 0.6 is 11.3 Å². The van der Waals surface area contributed by atoms with Crippen molar-refractivity contribution in [1.82, 2.24) is 0 Å². The highest BCUT2D eigenvalue weighted by atomic mass is 32.1. The van der Waals surface area contributed by atoms with Gasteiger partial charge in [0.15, 0.2) is 0 Å². The summed E-state index contributed by atoms with van der Waals surface area (Å²) in [7, 11) is 0. The molecule has 1 aromatic heterocycles. The summed E-state index contributed by atoms with van der Waals surface area (Å²) in [4.78, 5) is 22.5. The highest BCUT2D eigenvalue weighted by Crippen LogP contribution is 2.17. The first-order valence-electron chi connectivity index (χ1n) is 3.51. The van der Waals surface area contributed by atoms with E-state index in [4.69, 9.17) is 5.11 Å². The number of thiophene rings is 1. The maximum atomic E-state index is 10.9. The van der Waals surface area contributed by atoms with Crippen LogP contribution < -0.4 is 0 Å². The van der Waals surface area contributed by atoms with Gasteiger partial charge in [-0.3, -0.25) is 4.79 Å². The largest absolute Gasteiger partial charge is 0.475 e. The Hall–Kier alpha value is -1.16. The number of carboxylic acids is 1. The monoisotopic (exact) mass is 184 g/mol. The van der Waals surface area contributed by atoms with Crippen LogP contribution in [-0.4, -0.2) is 16.9 Å². The molecule has 12 heavy (non-hydrogen) atoms. The quantitative estimate of drug-likeness (QED) is 0.573. The maximum absolute atomic E-state index is 10.9. The van der Waals surface area contributed by atoms with Crippen LogP contribution in [0, 0.1) is 0 Å². The molecule has 0 saturated carbocycles. The average Bonchev–Trinajstić information content (AvgIpc) is 2.50. The summed E-state index contributed by atoms with van der Waals surface area (Å²) < 4.78 is 0. The van der Waals surface area contributed by atoms with E-state index >= 15 is 0 Å². The van der Waals surface area contributed by atoms with Gasteiger partial charge in [-0.25, -0.2) is 4.79 Å². The fraction of sp³-hybridized carbons (Fsp3) is 0.250. The molecule has 64 valence electrons. The first-order valence-corrected chi connectivity index (χ1v) is 4.33. The Bertz CT molecular complexity index is 314. The molecule has 1 heterocycles. The number of ketones is 1. The van der Waals surface area contributed by atoms with E-state index in [0.29, 0.717) is 4.88 Å². The summed E-state index contributed by atoms with van der Waals surface area (Å²) >= 11 is 1.24. The van der Waals surface area contributed by atoms with E-state index in [1.807, 2.05) is 6.92 Å². The van der Waals surface area contributed by atoms with Gasteiger partial charge in [0.1, 0.15) is 0 Å². The number of carbonyl (C=O) groups excluding carboxylic acids is 1. The number of hydrogen-bond acceptors (Lipinski definition) is 3. The van der Waals surface area contributed by atoms with Crippen molar-refractivity contribution in [2.45, 2.75) is 13.3 Å². The van der Waals surface area contributed by atoms with Crippen molar-refractivity contribution in [1.29, 1.82) is 0 Å². The van der Waals surface area contributed by atoms with Gasteiger partial charge in [-0.15, -0.1) is 11.3 Å². The van der Waals surface area contributed by atoms with Crippen molar-refractivity contribution in [3.63, 3.8) is 0 Å². The number of hydrogen-bond donors (Lipinski definition) is 1. The highest BCUT2D eigenvalue weighted by molar-refractivity contribution is 7.14. The normalized spacial score (nSPS) is 9.75. The van der Waals surface area contributed by atoms with Crippen molar-refractivity contribution >= 4 is 23.1 Å². The molecule has 0 spiro atoms. The Morgan fingerprint density at radius 3 is 2.58 bits per heavy atom. The smallest absolute Gasteiger partial charge is 0.378 e. The fourth-order valence-corrected chi connectivity index (χ4v) is 1.67. The number of aryl methyl sites for hydroxylation is 1. The standard InChI is InChI=1S/C8H8O3S/c1-2-5-3-4-6(12-5)7(9)8(10)11/h3-4H,2H2,1H3,(H,10,11). The molecule has 0 fully saturated rings. The predicted octanol–water partition coefficient (Wildman–Crippen LogP) is 1.58. The zero-order chi connectivity index (χ0) is 9.14. The summed E-state index contributed by atoms with van der Waals surface area (Å²) in [6.45, 7) is 1.96. The van der Waals surface area contributed by atoms with Gasteiger partial charge in [0.2, 0.25) is 0 Å². The molecule has 1 N–H and O–H groups in total.